The number of likely N-dealkylation sites (tertiary alicyclic amines) is 1. The van der Waals surface area contributed by atoms with Crippen molar-refractivity contribution in [3.8, 4) is 0 Å². The van der Waals surface area contributed by atoms with E-state index in [4.69, 9.17) is 0 Å². The highest BCUT2D eigenvalue weighted by atomic mass is 16.2. The molecule has 110 valence electrons. The molecule has 20 heavy (non-hydrogen) atoms. The van der Waals surface area contributed by atoms with Gasteiger partial charge in [-0.25, -0.2) is 4.68 Å². The second kappa shape index (κ2) is 5.38. The summed E-state index contributed by atoms with van der Waals surface area (Å²) >= 11 is 0. The second-order valence-electron chi connectivity index (χ2n) is 5.87. The summed E-state index contributed by atoms with van der Waals surface area (Å²) in [7, 11) is 1.59. The summed E-state index contributed by atoms with van der Waals surface area (Å²) in [4.78, 5) is 26.9. The highest BCUT2D eigenvalue weighted by Crippen LogP contribution is 2.24. The maximum Gasteiger partial charge on any atom is 0.279 e. The van der Waals surface area contributed by atoms with Gasteiger partial charge < -0.3 is 4.90 Å². The van der Waals surface area contributed by atoms with E-state index in [1.54, 1.807) is 14.0 Å². The molecular weight excluding hydrogens is 254 g/mol. The van der Waals surface area contributed by atoms with Gasteiger partial charge in [-0.05, 0) is 45.1 Å². The van der Waals surface area contributed by atoms with Crippen molar-refractivity contribution >= 4 is 5.91 Å². The van der Waals surface area contributed by atoms with Gasteiger partial charge in [-0.1, -0.05) is 6.92 Å². The molecule has 1 amide bonds. The number of carbonyl (C=O) groups excluding carboxylic acids is 1. The molecule has 0 N–H and O–H groups in total. The Kier molecular flexibility index (Phi) is 3.97. The molecule has 2 unspecified atom stereocenters. The lowest BCUT2D eigenvalue weighted by molar-refractivity contribution is 0.0547. The number of carbonyl (C=O) groups is 1. The molecule has 2 rings (SSSR count). The molecule has 1 saturated heterocycles. The van der Waals surface area contributed by atoms with Crippen LogP contribution in [0.5, 0.6) is 0 Å². The van der Waals surface area contributed by atoms with Crippen molar-refractivity contribution in [2.75, 3.05) is 6.54 Å². The minimum Gasteiger partial charge on any atom is -0.335 e. The Labute approximate surface area is 119 Å². The van der Waals surface area contributed by atoms with Crippen LogP contribution in [-0.2, 0) is 7.05 Å². The number of hydrogen-bond donors (Lipinski definition) is 0. The highest BCUT2D eigenvalue weighted by Gasteiger charge is 2.31. The van der Waals surface area contributed by atoms with E-state index in [2.05, 4.69) is 18.9 Å². The number of hydrogen-bond acceptors (Lipinski definition) is 3. The first-order chi connectivity index (χ1) is 9.34. The molecule has 2 heterocycles. The molecule has 1 fully saturated rings. The molecule has 0 aromatic carbocycles. The van der Waals surface area contributed by atoms with E-state index in [1.807, 2.05) is 11.8 Å². The van der Waals surface area contributed by atoms with Gasteiger partial charge >= 0.3 is 0 Å². The summed E-state index contributed by atoms with van der Waals surface area (Å²) in [6.45, 7) is 8.58. The molecule has 5 heteroatoms. The largest absolute Gasteiger partial charge is 0.335 e. The van der Waals surface area contributed by atoms with E-state index >= 15 is 0 Å². The van der Waals surface area contributed by atoms with Crippen molar-refractivity contribution in [2.45, 2.75) is 46.6 Å². The second-order valence-corrected chi connectivity index (χ2v) is 5.87. The van der Waals surface area contributed by atoms with Crippen LogP contribution in [0.1, 0.15) is 48.3 Å². The number of amides is 1. The van der Waals surface area contributed by atoms with E-state index in [0.29, 0.717) is 11.5 Å². The maximum absolute atomic E-state index is 12.8. The van der Waals surface area contributed by atoms with Crippen molar-refractivity contribution in [1.82, 2.24) is 14.7 Å². The molecule has 0 bridgehead atoms. The fourth-order valence-electron chi connectivity index (χ4n) is 2.87. The van der Waals surface area contributed by atoms with Crippen molar-refractivity contribution in [1.29, 1.82) is 0 Å². The van der Waals surface area contributed by atoms with E-state index in [1.165, 1.54) is 4.68 Å². The SMILES string of the molecule is Cc1nn(C)c(=O)c(C(=O)N2CCCC(C)C2C)c1C. The van der Waals surface area contributed by atoms with Crippen LogP contribution in [0.4, 0.5) is 0 Å². The van der Waals surface area contributed by atoms with Crippen LogP contribution in [0.2, 0.25) is 0 Å². The van der Waals surface area contributed by atoms with Gasteiger partial charge in [-0.3, -0.25) is 9.59 Å². The van der Waals surface area contributed by atoms with Gasteiger partial charge in [-0.15, -0.1) is 0 Å². The zero-order valence-electron chi connectivity index (χ0n) is 12.9. The van der Waals surface area contributed by atoms with Crippen molar-refractivity contribution in [3.05, 3.63) is 27.2 Å². The van der Waals surface area contributed by atoms with Gasteiger partial charge in [0.1, 0.15) is 5.56 Å². The van der Waals surface area contributed by atoms with E-state index in [0.717, 1.165) is 25.1 Å². The number of piperidine rings is 1. The van der Waals surface area contributed by atoms with Gasteiger partial charge in [0.25, 0.3) is 11.5 Å². The van der Waals surface area contributed by atoms with E-state index < -0.39 is 0 Å². The lowest BCUT2D eigenvalue weighted by Crippen LogP contribution is -2.48. The maximum atomic E-state index is 12.8. The first kappa shape index (κ1) is 14.8. The van der Waals surface area contributed by atoms with Crippen LogP contribution in [0.3, 0.4) is 0 Å². The minimum absolute atomic E-state index is 0.146. The number of aromatic nitrogens is 2. The average molecular weight is 277 g/mol. The van der Waals surface area contributed by atoms with Crippen LogP contribution in [-0.4, -0.2) is 33.2 Å². The van der Waals surface area contributed by atoms with Crippen molar-refractivity contribution in [3.63, 3.8) is 0 Å². The Balaban J connectivity index is 2.46. The van der Waals surface area contributed by atoms with Gasteiger partial charge in [0.2, 0.25) is 0 Å². The average Bonchev–Trinajstić information content (AvgIpc) is 2.40. The first-order valence-electron chi connectivity index (χ1n) is 7.20. The Morgan fingerprint density at radius 3 is 2.60 bits per heavy atom. The van der Waals surface area contributed by atoms with Crippen LogP contribution >= 0.6 is 0 Å². The fourth-order valence-corrected chi connectivity index (χ4v) is 2.87. The third kappa shape index (κ3) is 2.37. The predicted octanol–water partition coefficient (Wildman–Crippen LogP) is 1.66. The summed E-state index contributed by atoms with van der Waals surface area (Å²) in [5.74, 6) is 0.326. The molecular formula is C15H23N3O2. The molecule has 0 spiro atoms. The van der Waals surface area contributed by atoms with Crippen LogP contribution in [0, 0.1) is 19.8 Å². The van der Waals surface area contributed by atoms with E-state index in [-0.39, 0.29) is 23.1 Å². The summed E-state index contributed by atoms with van der Waals surface area (Å²) < 4.78 is 1.26. The van der Waals surface area contributed by atoms with Crippen LogP contribution in [0.15, 0.2) is 4.79 Å². The predicted molar refractivity (Wildman–Crippen MR) is 77.8 cm³/mol. The molecule has 1 aliphatic heterocycles. The zero-order valence-corrected chi connectivity index (χ0v) is 12.9. The highest BCUT2D eigenvalue weighted by molar-refractivity contribution is 5.95. The Hall–Kier alpha value is -1.65. The molecule has 5 nitrogen and oxygen atoms in total. The van der Waals surface area contributed by atoms with Gasteiger partial charge in [0.05, 0.1) is 5.69 Å². The van der Waals surface area contributed by atoms with Gasteiger partial charge in [0.15, 0.2) is 0 Å². The third-order valence-corrected chi connectivity index (χ3v) is 4.57. The Bertz CT molecular complexity index is 592. The molecule has 0 radical (unpaired) electrons. The number of aryl methyl sites for hydroxylation is 2. The number of rotatable bonds is 1. The number of nitrogens with zero attached hydrogens (tertiary/aromatic N) is 3. The van der Waals surface area contributed by atoms with Gasteiger partial charge in [-0.2, -0.15) is 5.10 Å². The Morgan fingerprint density at radius 2 is 1.95 bits per heavy atom. The Morgan fingerprint density at radius 1 is 1.30 bits per heavy atom. The quantitative estimate of drug-likeness (QED) is 0.784. The summed E-state index contributed by atoms with van der Waals surface area (Å²) in [6.07, 6.45) is 2.14. The van der Waals surface area contributed by atoms with Gasteiger partial charge in [0, 0.05) is 19.6 Å². The lowest BCUT2D eigenvalue weighted by Gasteiger charge is -2.38. The standard InChI is InChI=1S/C15H23N3O2/c1-9-7-6-8-18(12(9)4)15(20)13-10(2)11(3)16-17(5)14(13)19/h9,12H,6-8H2,1-5H3. The minimum atomic E-state index is -0.302. The summed E-state index contributed by atoms with van der Waals surface area (Å²) in [5, 5.41) is 4.13. The normalized spacial score (nSPS) is 22.9. The monoisotopic (exact) mass is 277 g/mol. The van der Waals surface area contributed by atoms with Crippen LogP contribution < -0.4 is 5.56 Å². The molecule has 1 aromatic rings. The molecule has 2 atom stereocenters. The first-order valence-corrected chi connectivity index (χ1v) is 7.20. The third-order valence-electron chi connectivity index (χ3n) is 4.57. The summed E-state index contributed by atoms with van der Waals surface area (Å²) in [6, 6.07) is 0.175. The molecule has 1 aromatic heterocycles. The topological polar surface area (TPSA) is 55.2 Å². The molecule has 1 aliphatic rings. The smallest absolute Gasteiger partial charge is 0.279 e. The summed E-state index contributed by atoms with van der Waals surface area (Å²) in [5.41, 5.74) is 1.40. The van der Waals surface area contributed by atoms with Crippen LogP contribution in [0.25, 0.3) is 0 Å². The fraction of sp³-hybridized carbons (Fsp3) is 0.667. The van der Waals surface area contributed by atoms with E-state index in [9.17, 15) is 9.59 Å². The van der Waals surface area contributed by atoms with Crippen molar-refractivity contribution in [2.24, 2.45) is 13.0 Å². The lowest BCUT2D eigenvalue weighted by atomic mass is 9.91. The molecule has 0 aliphatic carbocycles. The van der Waals surface area contributed by atoms with Crippen molar-refractivity contribution < 1.29 is 4.79 Å². The zero-order chi connectivity index (χ0) is 15.0. The molecule has 0 saturated carbocycles.